The van der Waals surface area contributed by atoms with E-state index in [2.05, 4.69) is 16.8 Å². The van der Waals surface area contributed by atoms with Crippen molar-refractivity contribution in [2.45, 2.75) is 25.8 Å². The van der Waals surface area contributed by atoms with E-state index in [1.807, 2.05) is 0 Å². The van der Waals surface area contributed by atoms with Crippen molar-refractivity contribution >= 4 is 21.6 Å². The Kier molecular flexibility index (Phi) is 2.86. The molecular weight excluding hydrogens is 302 g/mol. The van der Waals surface area contributed by atoms with Crippen LogP contribution in [0.3, 0.4) is 0 Å². The average Bonchev–Trinajstić information content (AvgIpc) is 3.19. The summed E-state index contributed by atoms with van der Waals surface area (Å²) in [6.45, 7) is 4.07. The SMILES string of the molecule is C=CCn1c(=O)n(-n2cnnc2)c(=O)c2c3c(sc21)CCC3. The van der Waals surface area contributed by atoms with Crippen LogP contribution in [0, 0.1) is 0 Å². The molecule has 0 amide bonds. The molecule has 0 aromatic carbocycles. The number of aromatic nitrogens is 5. The monoisotopic (exact) mass is 315 g/mol. The molecule has 0 saturated carbocycles. The van der Waals surface area contributed by atoms with Crippen molar-refractivity contribution in [2.75, 3.05) is 0 Å². The molecule has 0 aliphatic heterocycles. The molecule has 0 spiro atoms. The van der Waals surface area contributed by atoms with Gasteiger partial charge in [0.1, 0.15) is 17.5 Å². The van der Waals surface area contributed by atoms with E-state index in [0.29, 0.717) is 11.9 Å². The highest BCUT2D eigenvalue weighted by molar-refractivity contribution is 7.18. The highest BCUT2D eigenvalue weighted by Gasteiger charge is 2.24. The van der Waals surface area contributed by atoms with Gasteiger partial charge in [0.15, 0.2) is 0 Å². The zero-order valence-electron chi connectivity index (χ0n) is 11.7. The van der Waals surface area contributed by atoms with Crippen molar-refractivity contribution < 1.29 is 0 Å². The van der Waals surface area contributed by atoms with Crippen molar-refractivity contribution in [1.82, 2.24) is 24.1 Å². The third-order valence-electron chi connectivity index (χ3n) is 3.92. The van der Waals surface area contributed by atoms with Crippen LogP contribution < -0.4 is 11.2 Å². The lowest BCUT2D eigenvalue weighted by Gasteiger charge is -2.10. The van der Waals surface area contributed by atoms with Crippen molar-refractivity contribution in [1.29, 1.82) is 0 Å². The van der Waals surface area contributed by atoms with Gasteiger partial charge in [0.2, 0.25) is 0 Å². The minimum Gasteiger partial charge on any atom is -0.279 e. The summed E-state index contributed by atoms with van der Waals surface area (Å²) in [6, 6.07) is 0. The van der Waals surface area contributed by atoms with E-state index in [-0.39, 0.29) is 5.56 Å². The third-order valence-corrected chi connectivity index (χ3v) is 5.23. The lowest BCUT2D eigenvalue weighted by atomic mass is 10.2. The molecule has 3 aromatic heterocycles. The molecule has 3 aromatic rings. The lowest BCUT2D eigenvalue weighted by molar-refractivity contribution is 0.558. The summed E-state index contributed by atoms with van der Waals surface area (Å²) in [5.41, 5.74) is 0.376. The molecule has 4 rings (SSSR count). The molecule has 1 aliphatic carbocycles. The second-order valence-electron chi connectivity index (χ2n) is 5.18. The predicted molar refractivity (Wildman–Crippen MR) is 83.4 cm³/mol. The normalized spacial score (nSPS) is 13.6. The molecule has 0 radical (unpaired) electrons. The molecule has 0 atom stereocenters. The summed E-state index contributed by atoms with van der Waals surface area (Å²) in [5, 5.41) is 8.01. The van der Waals surface area contributed by atoms with Crippen LogP contribution in [-0.2, 0) is 19.4 Å². The summed E-state index contributed by atoms with van der Waals surface area (Å²) in [7, 11) is 0. The first-order valence-electron chi connectivity index (χ1n) is 6.98. The molecule has 0 N–H and O–H groups in total. The maximum atomic E-state index is 12.9. The van der Waals surface area contributed by atoms with Crippen molar-refractivity contribution in [3.63, 3.8) is 0 Å². The molecule has 3 heterocycles. The van der Waals surface area contributed by atoms with Gasteiger partial charge in [-0.1, -0.05) is 6.08 Å². The Morgan fingerprint density at radius 2 is 2.05 bits per heavy atom. The first kappa shape index (κ1) is 13.2. The zero-order chi connectivity index (χ0) is 15.3. The van der Waals surface area contributed by atoms with Crippen LogP contribution in [0.25, 0.3) is 10.2 Å². The molecule has 8 heteroatoms. The lowest BCUT2D eigenvalue weighted by Crippen LogP contribution is -2.42. The fourth-order valence-corrected chi connectivity index (χ4v) is 4.37. The summed E-state index contributed by atoms with van der Waals surface area (Å²) < 4.78 is 3.99. The number of hydrogen-bond acceptors (Lipinski definition) is 5. The van der Waals surface area contributed by atoms with Gasteiger partial charge in [-0.3, -0.25) is 9.36 Å². The molecule has 22 heavy (non-hydrogen) atoms. The number of fused-ring (bicyclic) bond motifs is 3. The second kappa shape index (κ2) is 4.77. The van der Waals surface area contributed by atoms with Crippen molar-refractivity contribution in [3.05, 3.63) is 56.6 Å². The highest BCUT2D eigenvalue weighted by Crippen LogP contribution is 2.35. The van der Waals surface area contributed by atoms with Gasteiger partial charge < -0.3 is 0 Å². The van der Waals surface area contributed by atoms with E-state index < -0.39 is 5.69 Å². The molecule has 1 aliphatic rings. The number of allylic oxidation sites excluding steroid dienone is 1. The van der Waals surface area contributed by atoms with Gasteiger partial charge >= 0.3 is 5.69 Å². The number of rotatable bonds is 3. The Morgan fingerprint density at radius 1 is 1.27 bits per heavy atom. The van der Waals surface area contributed by atoms with E-state index in [0.717, 1.165) is 34.3 Å². The van der Waals surface area contributed by atoms with Crippen LogP contribution in [-0.4, -0.2) is 24.1 Å². The molecule has 0 saturated heterocycles. The Bertz CT molecular complexity index is 993. The quantitative estimate of drug-likeness (QED) is 0.670. The van der Waals surface area contributed by atoms with Crippen LogP contribution in [0.1, 0.15) is 16.9 Å². The van der Waals surface area contributed by atoms with Gasteiger partial charge in [0.05, 0.1) is 5.39 Å². The van der Waals surface area contributed by atoms with Crippen LogP contribution in [0.15, 0.2) is 34.9 Å². The van der Waals surface area contributed by atoms with E-state index in [9.17, 15) is 9.59 Å². The maximum absolute atomic E-state index is 12.9. The molecular formula is C14H13N5O2S. The van der Waals surface area contributed by atoms with Gasteiger partial charge in [-0.25, -0.2) is 9.47 Å². The van der Waals surface area contributed by atoms with Gasteiger partial charge in [-0.15, -0.1) is 28.1 Å². The molecule has 7 nitrogen and oxygen atoms in total. The Hall–Kier alpha value is -2.48. The topological polar surface area (TPSA) is 74.7 Å². The Balaban J connectivity index is 2.19. The maximum Gasteiger partial charge on any atom is 0.352 e. The Morgan fingerprint density at radius 3 is 2.77 bits per heavy atom. The fraction of sp³-hybridized carbons (Fsp3) is 0.286. The number of hydrogen-bond donors (Lipinski definition) is 0. The molecule has 0 fully saturated rings. The van der Waals surface area contributed by atoms with Gasteiger partial charge in [0.25, 0.3) is 5.56 Å². The average molecular weight is 315 g/mol. The number of nitrogens with zero attached hydrogens (tertiary/aromatic N) is 5. The number of thiophene rings is 1. The smallest absolute Gasteiger partial charge is 0.279 e. The zero-order valence-corrected chi connectivity index (χ0v) is 12.5. The minimum atomic E-state index is -0.405. The van der Waals surface area contributed by atoms with E-state index in [1.54, 1.807) is 22.0 Å². The van der Waals surface area contributed by atoms with E-state index in [4.69, 9.17) is 0 Å². The van der Waals surface area contributed by atoms with Gasteiger partial charge in [0, 0.05) is 11.4 Å². The predicted octanol–water partition coefficient (Wildman–Crippen LogP) is 0.802. The standard InChI is InChI=1S/C14H13N5O2S/c1-2-6-18-13-11(9-4-3-5-10(9)22-13)12(20)19(14(18)21)17-7-15-16-8-17/h2,7-8H,1,3-6H2. The van der Waals surface area contributed by atoms with Crippen LogP contribution in [0.4, 0.5) is 0 Å². The Labute approximate surface area is 128 Å². The third kappa shape index (κ3) is 1.67. The minimum absolute atomic E-state index is 0.306. The molecule has 112 valence electrons. The summed E-state index contributed by atoms with van der Waals surface area (Å²) in [5.74, 6) is 0. The van der Waals surface area contributed by atoms with Crippen LogP contribution in [0.5, 0.6) is 0 Å². The van der Waals surface area contributed by atoms with Gasteiger partial charge in [-0.2, -0.15) is 4.68 Å². The van der Waals surface area contributed by atoms with Crippen molar-refractivity contribution in [3.8, 4) is 0 Å². The highest BCUT2D eigenvalue weighted by atomic mass is 32.1. The van der Waals surface area contributed by atoms with E-state index in [1.165, 1.54) is 22.2 Å². The van der Waals surface area contributed by atoms with E-state index >= 15 is 0 Å². The first-order chi connectivity index (χ1) is 10.7. The second-order valence-corrected chi connectivity index (χ2v) is 6.26. The fourth-order valence-electron chi connectivity index (χ4n) is 2.99. The first-order valence-corrected chi connectivity index (χ1v) is 7.80. The number of aryl methyl sites for hydroxylation is 2. The van der Waals surface area contributed by atoms with Crippen LogP contribution >= 0.6 is 11.3 Å². The summed E-state index contributed by atoms with van der Waals surface area (Å²) in [4.78, 5) is 27.6. The van der Waals surface area contributed by atoms with Gasteiger partial charge in [-0.05, 0) is 24.8 Å². The molecule has 0 bridgehead atoms. The summed E-state index contributed by atoms with van der Waals surface area (Å²) >= 11 is 1.55. The molecule has 0 unspecified atom stereocenters. The summed E-state index contributed by atoms with van der Waals surface area (Å²) in [6.07, 6.45) is 7.28. The largest absolute Gasteiger partial charge is 0.352 e. The van der Waals surface area contributed by atoms with Crippen molar-refractivity contribution in [2.24, 2.45) is 0 Å². The van der Waals surface area contributed by atoms with Crippen LogP contribution in [0.2, 0.25) is 0 Å².